The van der Waals surface area contributed by atoms with Crippen LogP contribution in [0.15, 0.2) is 109 Å². The Balaban J connectivity index is 1.12. The zero-order valence-corrected chi connectivity index (χ0v) is 38.6. The molecule has 0 radical (unpaired) electrons. The Labute approximate surface area is 398 Å². The summed E-state index contributed by atoms with van der Waals surface area (Å²) in [7, 11) is 0. The Morgan fingerprint density at radius 3 is 0.956 bits per heavy atom. The molecule has 0 spiro atoms. The first-order chi connectivity index (χ1) is 33.8. The topological polar surface area (TPSA) is 137 Å². The van der Waals surface area contributed by atoms with Crippen molar-refractivity contribution >= 4 is 21.8 Å². The molecule has 68 heavy (non-hydrogen) atoms. The fourth-order valence-corrected chi connectivity index (χ4v) is 9.46. The van der Waals surface area contributed by atoms with Crippen LogP contribution in [0.4, 0.5) is 0 Å². The molecule has 0 amide bonds. The van der Waals surface area contributed by atoms with Gasteiger partial charge in [-0.05, 0) is 94.5 Å². The second-order valence-electron chi connectivity index (χ2n) is 16.6. The smallest absolute Gasteiger partial charge is 0.161 e. The van der Waals surface area contributed by atoms with Crippen LogP contribution in [0.1, 0.15) is 45.9 Å². The van der Waals surface area contributed by atoms with E-state index in [1.807, 2.05) is 36.7 Å². The lowest BCUT2D eigenvalue weighted by Gasteiger charge is -2.54. The molecule has 0 atom stereocenters. The van der Waals surface area contributed by atoms with Crippen LogP contribution in [0, 0.1) is 0 Å². The summed E-state index contributed by atoms with van der Waals surface area (Å²) in [5.41, 5.74) is 6.54. The number of rotatable bonds is 4. The van der Waals surface area contributed by atoms with Gasteiger partial charge in [0.2, 0.25) is 0 Å². The third-order valence-corrected chi connectivity index (χ3v) is 12.5. The van der Waals surface area contributed by atoms with Crippen LogP contribution in [0.2, 0.25) is 0 Å². The Morgan fingerprint density at radius 1 is 0.294 bits per heavy atom. The SMILES string of the molecule is c1ccc2c(C3C(c4ccc5c(c4)OCCOCCOCCOCCOCCO5)C(c4ccnc5ccccc45)C3c3ccc4c(c3)OCCOCCOCCOCCOCCO4)ccnc2c1. The van der Waals surface area contributed by atoms with Crippen LogP contribution in [-0.2, 0) is 37.9 Å². The minimum Gasteiger partial charge on any atom is -0.487 e. The van der Waals surface area contributed by atoms with Crippen molar-refractivity contribution in [3.8, 4) is 23.0 Å². The lowest BCUT2D eigenvalue weighted by atomic mass is 9.48. The van der Waals surface area contributed by atoms with E-state index in [0.717, 1.165) is 32.9 Å². The number of fused-ring (bicyclic) bond motifs is 4. The van der Waals surface area contributed by atoms with E-state index >= 15 is 0 Å². The lowest BCUT2D eigenvalue weighted by Crippen LogP contribution is -2.40. The molecule has 14 nitrogen and oxygen atoms in total. The molecule has 1 fully saturated rings. The molecular formula is C54H62N2O12. The maximum atomic E-state index is 6.55. The summed E-state index contributed by atoms with van der Waals surface area (Å²) in [5.74, 6) is 2.47. The predicted octanol–water partition coefficient (Wildman–Crippen LogP) is 7.91. The molecule has 4 aromatic carbocycles. The fourth-order valence-electron chi connectivity index (χ4n) is 9.46. The molecule has 2 aromatic heterocycles. The lowest BCUT2D eigenvalue weighted by molar-refractivity contribution is -0.00843. The van der Waals surface area contributed by atoms with Gasteiger partial charge in [0, 0.05) is 23.2 Å². The van der Waals surface area contributed by atoms with Gasteiger partial charge in [-0.2, -0.15) is 0 Å². The summed E-state index contributed by atoms with van der Waals surface area (Å²) >= 11 is 0. The van der Waals surface area contributed by atoms with Crippen molar-refractivity contribution < 1.29 is 56.8 Å². The first kappa shape index (κ1) is 47.6. The Kier molecular flexibility index (Phi) is 17.7. The molecule has 14 heteroatoms. The molecule has 4 heterocycles. The maximum absolute atomic E-state index is 6.55. The number of benzene rings is 4. The van der Waals surface area contributed by atoms with Crippen molar-refractivity contribution in [2.24, 2.45) is 0 Å². The van der Waals surface area contributed by atoms with Crippen molar-refractivity contribution in [2.45, 2.75) is 23.7 Å². The van der Waals surface area contributed by atoms with Gasteiger partial charge in [-0.15, -0.1) is 0 Å². The Hall–Kier alpha value is -5.42. The molecule has 0 saturated heterocycles. The molecule has 1 aliphatic carbocycles. The summed E-state index contributed by atoms with van der Waals surface area (Å²) < 4.78 is 71.9. The molecule has 1 saturated carbocycles. The molecule has 360 valence electrons. The molecule has 0 unspecified atom stereocenters. The quantitative estimate of drug-likeness (QED) is 0.169. The van der Waals surface area contributed by atoms with Crippen LogP contribution in [0.3, 0.4) is 0 Å². The van der Waals surface area contributed by atoms with Gasteiger partial charge in [-0.1, -0.05) is 48.5 Å². The molecule has 0 N–H and O–H groups in total. The average Bonchev–Trinajstić information content (AvgIpc) is 3.36. The van der Waals surface area contributed by atoms with Crippen molar-refractivity contribution in [1.82, 2.24) is 9.97 Å². The van der Waals surface area contributed by atoms with E-state index in [4.69, 9.17) is 66.8 Å². The molecule has 3 aliphatic rings. The van der Waals surface area contributed by atoms with Crippen LogP contribution < -0.4 is 18.9 Å². The number of nitrogens with zero attached hydrogens (tertiary/aromatic N) is 2. The number of ether oxygens (including phenoxy) is 12. The second-order valence-corrected chi connectivity index (χ2v) is 16.6. The molecule has 0 bridgehead atoms. The zero-order valence-electron chi connectivity index (χ0n) is 38.6. The van der Waals surface area contributed by atoms with Crippen molar-refractivity contribution in [2.75, 3.05) is 132 Å². The van der Waals surface area contributed by atoms with Gasteiger partial charge >= 0.3 is 0 Å². The van der Waals surface area contributed by atoms with Crippen LogP contribution in [-0.4, -0.2) is 142 Å². The summed E-state index contributed by atoms with van der Waals surface area (Å²) in [6, 6.07) is 33.9. The first-order valence-corrected chi connectivity index (χ1v) is 23.9. The zero-order chi connectivity index (χ0) is 46.0. The van der Waals surface area contributed by atoms with Crippen molar-refractivity contribution in [1.29, 1.82) is 0 Å². The van der Waals surface area contributed by atoms with E-state index < -0.39 is 0 Å². The summed E-state index contributed by atoms with van der Waals surface area (Å²) in [5, 5.41) is 2.22. The highest BCUT2D eigenvalue weighted by Gasteiger charge is 2.54. The third-order valence-electron chi connectivity index (χ3n) is 12.5. The van der Waals surface area contributed by atoms with E-state index in [9.17, 15) is 0 Å². The standard InChI is InChI=1S/C54H62N2O12/c1-3-7-45-41(5-1)43(13-15-55-45)53-51(39-9-11-47-49(37-39)67-35-31-63-27-23-59-19-17-57-21-25-61-29-33-65-47)54(44-14-16-56-46-8-4-2-6-42(44)46)52(53)40-10-12-48-50(38-40)68-36-32-64-28-24-60-20-18-58-22-26-62-30-34-66-48/h1-16,37-38,51-54H,17-36H2. The maximum Gasteiger partial charge on any atom is 0.161 e. The van der Waals surface area contributed by atoms with Crippen LogP contribution in [0.25, 0.3) is 21.8 Å². The molecular weight excluding hydrogens is 869 g/mol. The Morgan fingerprint density at radius 2 is 0.603 bits per heavy atom. The van der Waals surface area contributed by atoms with Gasteiger partial charge in [0.1, 0.15) is 26.4 Å². The van der Waals surface area contributed by atoms with Crippen molar-refractivity contribution in [3.05, 3.63) is 132 Å². The van der Waals surface area contributed by atoms with Crippen LogP contribution in [0.5, 0.6) is 23.0 Å². The fraction of sp³-hybridized carbons (Fsp3) is 0.444. The second kappa shape index (κ2) is 25.3. The van der Waals surface area contributed by atoms with Gasteiger partial charge in [-0.3, -0.25) is 9.97 Å². The average molecular weight is 931 g/mol. The number of hydrogen-bond acceptors (Lipinski definition) is 14. The summed E-state index contributed by atoms with van der Waals surface area (Å²) in [4.78, 5) is 9.65. The highest BCUT2D eigenvalue weighted by Crippen LogP contribution is 2.68. The summed E-state index contributed by atoms with van der Waals surface area (Å²) in [6.45, 7) is 8.73. The van der Waals surface area contributed by atoms with E-state index in [-0.39, 0.29) is 23.7 Å². The molecule has 2 aliphatic heterocycles. The monoisotopic (exact) mass is 930 g/mol. The number of pyridine rings is 2. The molecule has 9 rings (SSSR count). The van der Waals surface area contributed by atoms with E-state index in [0.29, 0.717) is 155 Å². The van der Waals surface area contributed by atoms with Gasteiger partial charge in [0.15, 0.2) is 23.0 Å². The Bertz CT molecular complexity index is 2300. The normalized spacial score (nSPS) is 22.7. The van der Waals surface area contributed by atoms with Gasteiger partial charge < -0.3 is 56.8 Å². The highest BCUT2D eigenvalue weighted by atomic mass is 16.6. The predicted molar refractivity (Wildman–Crippen MR) is 256 cm³/mol. The van der Waals surface area contributed by atoms with E-state index in [2.05, 4.69) is 72.8 Å². The minimum atomic E-state index is -0.0285. The largest absolute Gasteiger partial charge is 0.487 e. The van der Waals surface area contributed by atoms with Gasteiger partial charge in [0.05, 0.1) is 117 Å². The van der Waals surface area contributed by atoms with Crippen LogP contribution >= 0.6 is 0 Å². The van der Waals surface area contributed by atoms with Crippen molar-refractivity contribution in [3.63, 3.8) is 0 Å². The summed E-state index contributed by atoms with van der Waals surface area (Å²) in [6.07, 6.45) is 3.86. The molecule has 6 aromatic rings. The van der Waals surface area contributed by atoms with E-state index in [1.165, 1.54) is 11.1 Å². The van der Waals surface area contributed by atoms with Gasteiger partial charge in [-0.25, -0.2) is 0 Å². The van der Waals surface area contributed by atoms with E-state index in [1.54, 1.807) is 0 Å². The third kappa shape index (κ3) is 12.2. The minimum absolute atomic E-state index is 0.0194. The number of aromatic nitrogens is 2. The number of para-hydroxylation sites is 2. The first-order valence-electron chi connectivity index (χ1n) is 23.9. The number of hydrogen-bond donors (Lipinski definition) is 0. The highest BCUT2D eigenvalue weighted by molar-refractivity contribution is 5.85. The van der Waals surface area contributed by atoms with Gasteiger partial charge in [0.25, 0.3) is 0 Å².